The lowest BCUT2D eigenvalue weighted by molar-refractivity contribution is -0.140. The summed E-state index contributed by atoms with van der Waals surface area (Å²) in [4.78, 5) is 30.2. The molecule has 1 N–H and O–H groups in total. The van der Waals surface area contributed by atoms with Gasteiger partial charge in [0.15, 0.2) is 0 Å². The largest absolute Gasteiger partial charge is 0.507 e. The van der Waals surface area contributed by atoms with E-state index < -0.39 is 17.7 Å². The third-order valence-electron chi connectivity index (χ3n) is 6.23. The average Bonchev–Trinajstić information content (AvgIpc) is 3.16. The molecule has 0 saturated carbocycles. The summed E-state index contributed by atoms with van der Waals surface area (Å²) in [5, 5.41) is 11.3. The van der Waals surface area contributed by atoms with Crippen LogP contribution in [0.5, 0.6) is 11.5 Å². The third kappa shape index (κ3) is 6.15. The van der Waals surface area contributed by atoms with Crippen molar-refractivity contribution in [2.24, 2.45) is 0 Å². The van der Waals surface area contributed by atoms with E-state index in [-0.39, 0.29) is 11.3 Å². The van der Waals surface area contributed by atoms with Crippen LogP contribution in [0.4, 0.5) is 0 Å². The number of Topliss-reactive ketones (excluding diaryl/α,β-unsaturated/α-hetero) is 1. The standard InChI is InChI=1S/C29H36N2O5/c1-5-18-35-23-14-12-21(13-15-23)27(32)25-26(22-10-9-11-24(20-22)36-19-6-2)31(29(34)28(25)33)17-16-30(7-3)8-4/h6,9-15,20,26,32H,2,5,7-8,16-19H2,1,3-4H3/t26-/m1/s1. The Bertz CT molecular complexity index is 1090. The molecule has 36 heavy (non-hydrogen) atoms. The van der Waals surface area contributed by atoms with E-state index in [2.05, 4.69) is 25.3 Å². The van der Waals surface area contributed by atoms with E-state index in [9.17, 15) is 14.7 Å². The van der Waals surface area contributed by atoms with Gasteiger partial charge in [-0.2, -0.15) is 0 Å². The van der Waals surface area contributed by atoms with Gasteiger partial charge in [0.1, 0.15) is 23.9 Å². The highest BCUT2D eigenvalue weighted by atomic mass is 16.5. The lowest BCUT2D eigenvalue weighted by Crippen LogP contribution is -2.38. The van der Waals surface area contributed by atoms with Crippen LogP contribution >= 0.6 is 0 Å². The van der Waals surface area contributed by atoms with Crippen molar-refractivity contribution < 1.29 is 24.2 Å². The molecule has 0 spiro atoms. The van der Waals surface area contributed by atoms with Crippen LogP contribution in [0.1, 0.15) is 44.4 Å². The fourth-order valence-electron chi connectivity index (χ4n) is 4.26. The molecular weight excluding hydrogens is 456 g/mol. The first-order valence-corrected chi connectivity index (χ1v) is 12.5. The van der Waals surface area contributed by atoms with Crippen LogP contribution in [-0.2, 0) is 9.59 Å². The predicted molar refractivity (Wildman–Crippen MR) is 141 cm³/mol. The van der Waals surface area contributed by atoms with Gasteiger partial charge >= 0.3 is 0 Å². The number of ether oxygens (including phenoxy) is 2. The molecule has 7 nitrogen and oxygen atoms in total. The zero-order valence-electron chi connectivity index (χ0n) is 21.4. The second kappa shape index (κ2) is 12.9. The smallest absolute Gasteiger partial charge is 0.295 e. The maximum atomic E-state index is 13.3. The van der Waals surface area contributed by atoms with Crippen LogP contribution in [0.25, 0.3) is 5.76 Å². The first kappa shape index (κ1) is 27.0. The van der Waals surface area contributed by atoms with Gasteiger partial charge in [0.25, 0.3) is 11.7 Å². The van der Waals surface area contributed by atoms with Crippen molar-refractivity contribution in [2.75, 3.05) is 39.4 Å². The summed E-state index contributed by atoms with van der Waals surface area (Å²) in [5.74, 6) is -0.242. The number of nitrogens with zero attached hydrogens (tertiary/aromatic N) is 2. The SMILES string of the molecule is C=CCOc1cccc([C@@H]2C(=C(O)c3ccc(OCCC)cc3)C(=O)C(=O)N2CCN(CC)CC)c1. The number of likely N-dealkylation sites (N-methyl/N-ethyl adjacent to an activating group) is 1. The highest BCUT2D eigenvalue weighted by Gasteiger charge is 2.46. The van der Waals surface area contributed by atoms with Gasteiger partial charge in [0, 0.05) is 18.7 Å². The Labute approximate surface area is 213 Å². The summed E-state index contributed by atoms with van der Waals surface area (Å²) < 4.78 is 11.3. The van der Waals surface area contributed by atoms with Crippen LogP contribution in [0.15, 0.2) is 66.8 Å². The lowest BCUT2D eigenvalue weighted by atomic mass is 9.95. The molecule has 0 radical (unpaired) electrons. The Kier molecular flexibility index (Phi) is 9.70. The average molecular weight is 493 g/mol. The van der Waals surface area contributed by atoms with Gasteiger partial charge in [0.2, 0.25) is 0 Å². The molecule has 0 aliphatic carbocycles. The number of ketones is 1. The van der Waals surface area contributed by atoms with Crippen molar-refractivity contribution >= 4 is 17.4 Å². The van der Waals surface area contributed by atoms with Gasteiger partial charge in [-0.3, -0.25) is 9.59 Å². The predicted octanol–water partition coefficient (Wildman–Crippen LogP) is 4.80. The van der Waals surface area contributed by atoms with Crippen molar-refractivity contribution in [3.05, 3.63) is 77.9 Å². The maximum Gasteiger partial charge on any atom is 0.295 e. The molecule has 1 aliphatic heterocycles. The van der Waals surface area contributed by atoms with E-state index in [4.69, 9.17) is 9.47 Å². The molecule has 2 aromatic carbocycles. The number of carbonyl (C=O) groups is 2. The molecule has 192 valence electrons. The van der Waals surface area contributed by atoms with E-state index in [0.717, 1.165) is 19.5 Å². The van der Waals surface area contributed by atoms with E-state index in [1.165, 1.54) is 0 Å². The van der Waals surface area contributed by atoms with E-state index in [1.54, 1.807) is 41.3 Å². The summed E-state index contributed by atoms with van der Waals surface area (Å²) in [5.41, 5.74) is 1.21. The number of aliphatic hydroxyl groups excluding tert-OH is 1. The van der Waals surface area contributed by atoms with Gasteiger partial charge in [-0.05, 0) is 61.5 Å². The molecule has 1 heterocycles. The zero-order valence-corrected chi connectivity index (χ0v) is 21.4. The quantitative estimate of drug-likeness (QED) is 0.187. The fourth-order valence-corrected chi connectivity index (χ4v) is 4.26. The summed E-state index contributed by atoms with van der Waals surface area (Å²) in [6, 6.07) is 13.4. The highest BCUT2D eigenvalue weighted by Crippen LogP contribution is 2.40. The Balaban J connectivity index is 2.05. The molecule has 1 fully saturated rings. The van der Waals surface area contributed by atoms with Crippen LogP contribution in [0.2, 0.25) is 0 Å². The molecule has 2 aromatic rings. The monoisotopic (exact) mass is 492 g/mol. The molecule has 0 aromatic heterocycles. The van der Waals surface area contributed by atoms with Gasteiger partial charge in [-0.1, -0.05) is 45.6 Å². The molecule has 1 amide bonds. The highest BCUT2D eigenvalue weighted by molar-refractivity contribution is 6.46. The van der Waals surface area contributed by atoms with Gasteiger partial charge in [0.05, 0.1) is 18.2 Å². The summed E-state index contributed by atoms with van der Waals surface area (Å²) in [7, 11) is 0. The van der Waals surface area contributed by atoms with E-state index in [0.29, 0.717) is 48.9 Å². The summed E-state index contributed by atoms with van der Waals surface area (Å²) in [6.07, 6.45) is 2.53. The van der Waals surface area contributed by atoms with Crippen molar-refractivity contribution in [1.82, 2.24) is 9.80 Å². The Morgan fingerprint density at radius 3 is 2.42 bits per heavy atom. The Hall–Kier alpha value is -3.58. The molecule has 0 bridgehead atoms. The van der Waals surface area contributed by atoms with Crippen molar-refractivity contribution in [1.29, 1.82) is 0 Å². The van der Waals surface area contributed by atoms with Crippen molar-refractivity contribution in [2.45, 2.75) is 33.2 Å². The van der Waals surface area contributed by atoms with Gasteiger partial charge < -0.3 is 24.4 Å². The molecule has 0 unspecified atom stereocenters. The van der Waals surface area contributed by atoms with Gasteiger partial charge in [-0.25, -0.2) is 0 Å². The minimum absolute atomic E-state index is 0.0719. The number of rotatable bonds is 13. The van der Waals surface area contributed by atoms with E-state index in [1.807, 2.05) is 25.1 Å². The normalized spacial score (nSPS) is 17.0. The molecular formula is C29H36N2O5. The number of hydrogen-bond donors (Lipinski definition) is 1. The molecule has 1 aliphatic rings. The zero-order chi connectivity index (χ0) is 26.1. The first-order valence-electron chi connectivity index (χ1n) is 12.5. The third-order valence-corrected chi connectivity index (χ3v) is 6.23. The summed E-state index contributed by atoms with van der Waals surface area (Å²) >= 11 is 0. The van der Waals surface area contributed by atoms with Crippen molar-refractivity contribution in [3.8, 4) is 11.5 Å². The molecule has 7 heteroatoms. The van der Waals surface area contributed by atoms with Crippen LogP contribution in [0, 0.1) is 0 Å². The molecule has 1 saturated heterocycles. The molecule has 3 rings (SSSR count). The molecule has 1 atom stereocenters. The number of benzene rings is 2. The van der Waals surface area contributed by atoms with Gasteiger partial charge in [-0.15, -0.1) is 0 Å². The minimum Gasteiger partial charge on any atom is -0.507 e. The number of likely N-dealkylation sites (tertiary alicyclic amines) is 1. The van der Waals surface area contributed by atoms with Crippen molar-refractivity contribution in [3.63, 3.8) is 0 Å². The van der Waals surface area contributed by atoms with E-state index >= 15 is 0 Å². The number of hydrogen-bond acceptors (Lipinski definition) is 6. The number of carbonyl (C=O) groups excluding carboxylic acids is 2. The number of amides is 1. The Morgan fingerprint density at radius 1 is 1.06 bits per heavy atom. The van der Waals surface area contributed by atoms with Crippen LogP contribution in [-0.4, -0.2) is 66.0 Å². The first-order chi connectivity index (χ1) is 17.4. The maximum absolute atomic E-state index is 13.3. The second-order valence-corrected chi connectivity index (χ2v) is 8.56. The lowest BCUT2D eigenvalue weighted by Gasteiger charge is -2.28. The number of aliphatic hydroxyl groups is 1. The van der Waals surface area contributed by atoms with Crippen LogP contribution in [0.3, 0.4) is 0 Å². The fraction of sp³-hybridized carbons (Fsp3) is 0.379. The topological polar surface area (TPSA) is 79.3 Å². The Morgan fingerprint density at radius 2 is 1.78 bits per heavy atom. The minimum atomic E-state index is -0.733. The van der Waals surface area contributed by atoms with Crippen LogP contribution < -0.4 is 9.47 Å². The second-order valence-electron chi connectivity index (χ2n) is 8.56. The summed E-state index contributed by atoms with van der Waals surface area (Å²) in [6.45, 7) is 13.4.